The fraction of sp³-hybridized carbons (Fsp3) is 0.0213. The van der Waals surface area contributed by atoms with Crippen molar-refractivity contribution in [1.29, 1.82) is 10.5 Å². The number of nitrogens with zero attached hydrogens (tertiary/aromatic N) is 4. The fourth-order valence-electron chi connectivity index (χ4n) is 7.56. The molecule has 10 aromatic rings. The van der Waals surface area contributed by atoms with Gasteiger partial charge in [0.15, 0.2) is 0 Å². The zero-order valence-corrected chi connectivity index (χ0v) is 30.2. The predicted octanol–water partition coefficient (Wildman–Crippen LogP) is 11.6. The smallest absolute Gasteiger partial charge is 0.206 e. The van der Waals surface area contributed by atoms with E-state index < -0.39 is 9.84 Å². The van der Waals surface area contributed by atoms with Crippen LogP contribution in [0.2, 0.25) is 0 Å². The molecule has 0 saturated carbocycles. The number of benzene rings is 7. The lowest BCUT2D eigenvalue weighted by molar-refractivity contribution is 0.596. The molecule has 0 aliphatic heterocycles. The number of allylic oxidation sites excluding steroid dienone is 1. The van der Waals surface area contributed by atoms with Crippen molar-refractivity contribution in [2.24, 2.45) is 0 Å². The summed E-state index contributed by atoms with van der Waals surface area (Å²) < 4.78 is 38.3. The Morgan fingerprint density at radius 2 is 1.15 bits per heavy atom. The number of fused-ring (bicyclic) bond motifs is 10. The van der Waals surface area contributed by atoms with Gasteiger partial charge in [-0.2, -0.15) is 10.5 Å². The van der Waals surface area contributed by atoms with Crippen LogP contribution in [0.5, 0.6) is 0 Å². The third-order valence-electron chi connectivity index (χ3n) is 10.0. The molecular weight excluding hydrogens is 701 g/mol. The number of hydrogen-bond acceptors (Lipinski definition) is 5. The second-order valence-corrected chi connectivity index (χ2v) is 15.1. The minimum atomic E-state index is -3.81. The van der Waals surface area contributed by atoms with Gasteiger partial charge in [-0.15, -0.1) is 6.58 Å². The maximum atomic E-state index is 13.7. The number of furan rings is 1. The summed E-state index contributed by atoms with van der Waals surface area (Å²) in [5, 5.41) is 23.5. The van der Waals surface area contributed by atoms with Gasteiger partial charge in [0.2, 0.25) is 9.84 Å². The fourth-order valence-corrected chi connectivity index (χ4v) is 8.82. The summed E-state index contributed by atoms with van der Waals surface area (Å²) in [6.45, 7) is 3.33. The molecule has 7 aromatic carbocycles. The summed E-state index contributed by atoms with van der Waals surface area (Å²) in [7, 11) is -3.81. The molecule has 0 amide bonds. The highest BCUT2D eigenvalue weighted by Gasteiger charge is 2.24. The highest BCUT2D eigenvalue weighted by molar-refractivity contribution is 7.91. The monoisotopic (exact) mass is 730 g/mol. The van der Waals surface area contributed by atoms with Gasteiger partial charge in [0.1, 0.15) is 11.2 Å². The highest BCUT2D eigenvalue weighted by Crippen LogP contribution is 2.44. The second-order valence-electron chi connectivity index (χ2n) is 13.1. The maximum absolute atomic E-state index is 13.7. The topological polar surface area (TPSA) is 105 Å². The van der Waals surface area contributed by atoms with Crippen LogP contribution in [0.25, 0.3) is 76.9 Å². The molecular formula is C47H30N4O3S. The van der Waals surface area contributed by atoms with Crippen LogP contribution < -0.4 is 0 Å². The zero-order valence-electron chi connectivity index (χ0n) is 29.3. The van der Waals surface area contributed by atoms with Crippen LogP contribution in [0.4, 0.5) is 0 Å². The molecule has 0 aliphatic carbocycles. The number of aromatic nitrogens is 2. The van der Waals surface area contributed by atoms with Crippen molar-refractivity contribution in [1.82, 2.24) is 9.13 Å². The van der Waals surface area contributed by atoms with E-state index in [-0.39, 0.29) is 9.79 Å². The molecule has 0 spiro atoms. The first-order valence-corrected chi connectivity index (χ1v) is 19.1. The summed E-state index contributed by atoms with van der Waals surface area (Å²) >= 11 is 0. The van der Waals surface area contributed by atoms with Gasteiger partial charge in [-0.1, -0.05) is 72.8 Å². The molecule has 8 heteroatoms. The first-order chi connectivity index (χ1) is 26.9. The standard InChI is InChI=1S/C43H25N3O3S.C4H5N/c44-26-27-14-18-30(19-15-27)50(47,48)31-20-16-29(17-21-31)46-39-25-41-37(33-11-5-7-13-40(33)49-41)24-36(39)35-23-22-34-32-10-4-6-12-38(32)45(42(34)43(35)46)28-8-2-1-3-9-28;1-2-3-4-5/h1-25H;2H,1,3H2. The average Bonchev–Trinajstić information content (AvgIpc) is 3.88. The lowest BCUT2D eigenvalue weighted by atomic mass is 10.1. The van der Waals surface area contributed by atoms with Gasteiger partial charge in [0.05, 0.1) is 56.0 Å². The summed E-state index contributed by atoms with van der Waals surface area (Å²) in [5.41, 5.74) is 8.00. The van der Waals surface area contributed by atoms with E-state index in [2.05, 4.69) is 94.6 Å². The van der Waals surface area contributed by atoms with E-state index >= 15 is 0 Å². The summed E-state index contributed by atoms with van der Waals surface area (Å²) in [6, 6.07) is 52.7. The van der Waals surface area contributed by atoms with Crippen LogP contribution >= 0.6 is 0 Å². The SMILES string of the molecule is C=CCC#N.N#Cc1ccc(S(=O)(=O)c2ccc(-n3c4cc5oc6ccccc6c5cc4c4ccc5c6ccccc6n(-c6ccccc6)c5c43)cc2)cc1. The van der Waals surface area contributed by atoms with E-state index in [1.165, 1.54) is 24.3 Å². The molecule has 0 unspecified atom stereocenters. The molecule has 262 valence electrons. The van der Waals surface area contributed by atoms with Crippen molar-refractivity contribution < 1.29 is 12.8 Å². The highest BCUT2D eigenvalue weighted by atomic mass is 32.2. The normalized spacial score (nSPS) is 11.5. The molecule has 3 aromatic heterocycles. The number of nitriles is 2. The molecule has 0 radical (unpaired) electrons. The van der Waals surface area contributed by atoms with E-state index in [0.29, 0.717) is 12.0 Å². The number of sulfone groups is 1. The van der Waals surface area contributed by atoms with Crippen LogP contribution in [0.15, 0.2) is 179 Å². The predicted molar refractivity (Wildman–Crippen MR) is 219 cm³/mol. The Balaban J connectivity index is 0.000000748. The third kappa shape index (κ3) is 5.36. The molecule has 0 bridgehead atoms. The molecule has 3 heterocycles. The number of hydrogen-bond donors (Lipinski definition) is 0. The van der Waals surface area contributed by atoms with Crippen molar-refractivity contribution in [3.05, 3.63) is 170 Å². The van der Waals surface area contributed by atoms with Crippen molar-refractivity contribution >= 4 is 75.4 Å². The van der Waals surface area contributed by atoms with Crippen LogP contribution in [-0.4, -0.2) is 17.6 Å². The minimum absolute atomic E-state index is 0.141. The van der Waals surface area contributed by atoms with E-state index in [1.807, 2.05) is 48.5 Å². The van der Waals surface area contributed by atoms with Gasteiger partial charge in [0.25, 0.3) is 0 Å². The molecule has 0 aliphatic rings. The Morgan fingerprint density at radius 1 is 0.564 bits per heavy atom. The Kier molecular flexibility index (Phi) is 8.05. The van der Waals surface area contributed by atoms with Gasteiger partial charge in [-0.05, 0) is 78.9 Å². The number of para-hydroxylation sites is 3. The Hall–Kier alpha value is -7.39. The lowest BCUT2D eigenvalue weighted by Crippen LogP contribution is -2.03. The molecule has 7 nitrogen and oxygen atoms in total. The van der Waals surface area contributed by atoms with Crippen molar-refractivity contribution in [2.45, 2.75) is 16.2 Å². The van der Waals surface area contributed by atoms with E-state index in [9.17, 15) is 13.7 Å². The molecule has 0 saturated heterocycles. The third-order valence-corrected chi connectivity index (χ3v) is 11.8. The van der Waals surface area contributed by atoms with E-state index in [1.54, 1.807) is 18.2 Å². The number of rotatable bonds is 5. The van der Waals surface area contributed by atoms with Gasteiger partial charge in [-0.3, -0.25) is 0 Å². The van der Waals surface area contributed by atoms with E-state index in [4.69, 9.17) is 9.68 Å². The molecule has 0 atom stereocenters. The average molecular weight is 731 g/mol. The van der Waals surface area contributed by atoms with Gasteiger partial charge in [0, 0.05) is 49.8 Å². The van der Waals surface area contributed by atoms with Crippen LogP contribution in [0, 0.1) is 22.7 Å². The van der Waals surface area contributed by atoms with E-state index in [0.717, 1.165) is 76.9 Å². The molecule has 0 fully saturated rings. The summed E-state index contributed by atoms with van der Waals surface area (Å²) in [4.78, 5) is 0.317. The first-order valence-electron chi connectivity index (χ1n) is 17.6. The van der Waals surface area contributed by atoms with Gasteiger partial charge in [-0.25, -0.2) is 8.42 Å². The minimum Gasteiger partial charge on any atom is -0.456 e. The van der Waals surface area contributed by atoms with Crippen LogP contribution in [0.3, 0.4) is 0 Å². The van der Waals surface area contributed by atoms with Gasteiger partial charge < -0.3 is 13.6 Å². The second kappa shape index (κ2) is 13.2. The van der Waals surface area contributed by atoms with Crippen molar-refractivity contribution in [2.75, 3.05) is 0 Å². The summed E-state index contributed by atoms with van der Waals surface area (Å²) in [5.74, 6) is 0. The zero-order chi connectivity index (χ0) is 37.7. The molecule has 10 rings (SSSR count). The molecule has 55 heavy (non-hydrogen) atoms. The molecule has 0 N–H and O–H groups in total. The van der Waals surface area contributed by atoms with Crippen LogP contribution in [-0.2, 0) is 9.84 Å². The lowest BCUT2D eigenvalue weighted by Gasteiger charge is -2.13. The quantitative estimate of drug-likeness (QED) is 0.164. The largest absolute Gasteiger partial charge is 0.456 e. The maximum Gasteiger partial charge on any atom is 0.206 e. The summed E-state index contributed by atoms with van der Waals surface area (Å²) in [6.07, 6.45) is 2.03. The Labute approximate surface area is 316 Å². The van der Waals surface area contributed by atoms with Crippen LogP contribution in [0.1, 0.15) is 12.0 Å². The van der Waals surface area contributed by atoms with Gasteiger partial charge >= 0.3 is 0 Å². The Morgan fingerprint density at radius 3 is 1.80 bits per heavy atom. The van der Waals surface area contributed by atoms with Crippen molar-refractivity contribution in [3.63, 3.8) is 0 Å². The Bertz CT molecular complexity index is 3320. The first kappa shape index (κ1) is 33.4. The van der Waals surface area contributed by atoms with Crippen molar-refractivity contribution in [3.8, 4) is 23.5 Å².